The number of benzene rings is 1. The van der Waals surface area contributed by atoms with E-state index in [0.717, 1.165) is 5.69 Å². The van der Waals surface area contributed by atoms with Gasteiger partial charge in [-0.3, -0.25) is 4.79 Å². The fourth-order valence-corrected chi connectivity index (χ4v) is 1.88. The van der Waals surface area contributed by atoms with Crippen LogP contribution in [0.1, 0.15) is 21.6 Å². The second-order valence-electron chi connectivity index (χ2n) is 4.46. The van der Waals surface area contributed by atoms with Gasteiger partial charge in [0.05, 0.1) is 18.2 Å². The normalized spacial score (nSPS) is 9.95. The summed E-state index contributed by atoms with van der Waals surface area (Å²) in [5.74, 6) is -0.0503. The van der Waals surface area contributed by atoms with Crippen LogP contribution in [0, 0.1) is 11.3 Å². The van der Waals surface area contributed by atoms with E-state index in [4.69, 9.17) is 5.26 Å². The summed E-state index contributed by atoms with van der Waals surface area (Å²) in [5.41, 5.74) is 2.22. The third-order valence-electron chi connectivity index (χ3n) is 3.06. The molecule has 0 saturated carbocycles. The van der Waals surface area contributed by atoms with Crippen molar-refractivity contribution in [2.45, 2.75) is 6.54 Å². The Hall–Kier alpha value is -2.54. The van der Waals surface area contributed by atoms with Gasteiger partial charge in [-0.1, -0.05) is 0 Å². The van der Waals surface area contributed by atoms with Gasteiger partial charge < -0.3 is 9.47 Å². The first kappa shape index (κ1) is 12.9. The highest BCUT2D eigenvalue weighted by Crippen LogP contribution is 2.09. The fraction of sp³-hybridized carbons (Fsp3) is 0.200. The first-order chi connectivity index (χ1) is 9.11. The van der Waals surface area contributed by atoms with Gasteiger partial charge in [0.15, 0.2) is 0 Å². The second-order valence-corrected chi connectivity index (χ2v) is 4.46. The van der Waals surface area contributed by atoms with Gasteiger partial charge in [-0.2, -0.15) is 5.26 Å². The zero-order chi connectivity index (χ0) is 13.8. The van der Waals surface area contributed by atoms with Gasteiger partial charge >= 0.3 is 0 Å². The Morgan fingerprint density at radius 2 is 2.00 bits per heavy atom. The third-order valence-corrected chi connectivity index (χ3v) is 3.06. The van der Waals surface area contributed by atoms with E-state index in [-0.39, 0.29) is 5.91 Å². The van der Waals surface area contributed by atoms with Crippen molar-refractivity contribution in [3.05, 3.63) is 59.4 Å². The third kappa shape index (κ3) is 2.83. The number of nitrogens with zero attached hydrogens (tertiary/aromatic N) is 3. The van der Waals surface area contributed by atoms with Crippen LogP contribution in [0.25, 0.3) is 0 Å². The van der Waals surface area contributed by atoms with E-state index in [1.165, 1.54) is 0 Å². The Bertz CT molecular complexity index is 620. The number of carbonyl (C=O) groups is 1. The van der Waals surface area contributed by atoms with E-state index < -0.39 is 0 Å². The van der Waals surface area contributed by atoms with Crippen LogP contribution >= 0.6 is 0 Å². The number of hydrogen-bond donors (Lipinski definition) is 0. The molecule has 0 aliphatic carbocycles. The molecular formula is C15H15N3O. The van der Waals surface area contributed by atoms with E-state index in [1.807, 2.05) is 36.0 Å². The molecule has 2 aromatic rings. The molecule has 96 valence electrons. The lowest BCUT2D eigenvalue weighted by atomic mass is 10.1. The predicted octanol–water partition coefficient (Wildman–Crippen LogP) is 2.17. The van der Waals surface area contributed by atoms with E-state index >= 15 is 0 Å². The molecule has 4 nitrogen and oxygen atoms in total. The molecule has 0 aliphatic heterocycles. The second kappa shape index (κ2) is 5.40. The van der Waals surface area contributed by atoms with Crippen LogP contribution in [0.5, 0.6) is 0 Å². The SMILES string of the molecule is CN(Cc1cccn1C)C(=O)c1ccc(C#N)cc1. The number of aromatic nitrogens is 1. The van der Waals surface area contributed by atoms with Gasteiger partial charge in [0.2, 0.25) is 0 Å². The number of amides is 1. The topological polar surface area (TPSA) is 49.0 Å². The highest BCUT2D eigenvalue weighted by atomic mass is 16.2. The smallest absolute Gasteiger partial charge is 0.253 e. The Morgan fingerprint density at radius 1 is 1.32 bits per heavy atom. The molecule has 0 spiro atoms. The lowest BCUT2D eigenvalue weighted by molar-refractivity contribution is 0.0782. The summed E-state index contributed by atoms with van der Waals surface area (Å²) in [6, 6.07) is 12.7. The van der Waals surface area contributed by atoms with Crippen molar-refractivity contribution in [3.63, 3.8) is 0 Å². The van der Waals surface area contributed by atoms with Crippen molar-refractivity contribution in [1.29, 1.82) is 5.26 Å². The van der Waals surface area contributed by atoms with Gasteiger partial charge in [-0.15, -0.1) is 0 Å². The van der Waals surface area contributed by atoms with Crippen molar-refractivity contribution in [1.82, 2.24) is 9.47 Å². The maximum Gasteiger partial charge on any atom is 0.253 e. The summed E-state index contributed by atoms with van der Waals surface area (Å²) in [4.78, 5) is 13.9. The molecule has 1 aromatic carbocycles. The Morgan fingerprint density at radius 3 is 2.53 bits per heavy atom. The molecule has 0 radical (unpaired) electrons. The maximum absolute atomic E-state index is 12.2. The summed E-state index contributed by atoms with van der Waals surface area (Å²) < 4.78 is 1.99. The Balaban J connectivity index is 2.10. The zero-order valence-electron chi connectivity index (χ0n) is 11.0. The average Bonchev–Trinajstić information content (AvgIpc) is 2.83. The molecule has 0 N–H and O–H groups in total. The predicted molar refractivity (Wildman–Crippen MR) is 72.4 cm³/mol. The van der Waals surface area contributed by atoms with Crippen LogP contribution < -0.4 is 0 Å². The molecule has 4 heteroatoms. The van der Waals surface area contributed by atoms with Crippen LogP contribution in [-0.4, -0.2) is 22.4 Å². The molecule has 0 saturated heterocycles. The minimum Gasteiger partial charge on any atom is -0.353 e. The van der Waals surface area contributed by atoms with Crippen molar-refractivity contribution in [2.24, 2.45) is 7.05 Å². The summed E-state index contributed by atoms with van der Waals surface area (Å²) in [7, 11) is 3.73. The lowest BCUT2D eigenvalue weighted by Crippen LogP contribution is -2.27. The summed E-state index contributed by atoms with van der Waals surface area (Å²) in [6.07, 6.45) is 1.95. The first-order valence-electron chi connectivity index (χ1n) is 5.97. The molecule has 1 aromatic heterocycles. The number of carbonyl (C=O) groups excluding carboxylic acids is 1. The lowest BCUT2D eigenvalue weighted by Gasteiger charge is -2.17. The quantitative estimate of drug-likeness (QED) is 0.841. The molecule has 0 unspecified atom stereocenters. The molecule has 19 heavy (non-hydrogen) atoms. The van der Waals surface area contributed by atoms with E-state index in [1.54, 1.807) is 36.2 Å². The van der Waals surface area contributed by atoms with Gasteiger partial charge in [0.1, 0.15) is 0 Å². The molecule has 0 bridgehead atoms. The van der Waals surface area contributed by atoms with Crippen molar-refractivity contribution in [3.8, 4) is 6.07 Å². The minimum atomic E-state index is -0.0503. The summed E-state index contributed by atoms with van der Waals surface area (Å²) >= 11 is 0. The van der Waals surface area contributed by atoms with Crippen molar-refractivity contribution in [2.75, 3.05) is 7.05 Å². The zero-order valence-corrected chi connectivity index (χ0v) is 11.0. The number of rotatable bonds is 3. The van der Waals surface area contributed by atoms with Gasteiger partial charge in [-0.05, 0) is 36.4 Å². The largest absolute Gasteiger partial charge is 0.353 e. The molecular weight excluding hydrogens is 238 g/mol. The van der Waals surface area contributed by atoms with Crippen LogP contribution in [0.15, 0.2) is 42.6 Å². The first-order valence-corrected chi connectivity index (χ1v) is 5.97. The van der Waals surface area contributed by atoms with Gasteiger partial charge in [-0.25, -0.2) is 0 Å². The standard InChI is InChI=1S/C15H15N3O/c1-17-9-3-4-14(17)11-18(2)15(19)13-7-5-12(10-16)6-8-13/h3-9H,11H2,1-2H3. The van der Waals surface area contributed by atoms with Crippen molar-refractivity contribution < 1.29 is 4.79 Å². The van der Waals surface area contributed by atoms with Crippen LogP contribution in [0.3, 0.4) is 0 Å². The highest BCUT2D eigenvalue weighted by molar-refractivity contribution is 5.94. The number of hydrogen-bond acceptors (Lipinski definition) is 2. The van der Waals surface area contributed by atoms with Crippen molar-refractivity contribution >= 4 is 5.91 Å². The Kier molecular flexibility index (Phi) is 3.67. The number of aryl methyl sites for hydroxylation is 1. The highest BCUT2D eigenvalue weighted by Gasteiger charge is 2.12. The van der Waals surface area contributed by atoms with E-state index in [9.17, 15) is 4.79 Å². The molecule has 1 heterocycles. The summed E-state index contributed by atoms with van der Waals surface area (Å²) in [6.45, 7) is 0.558. The molecule has 2 rings (SSSR count). The van der Waals surface area contributed by atoms with Gasteiger partial charge in [0, 0.05) is 31.5 Å². The molecule has 1 amide bonds. The van der Waals surface area contributed by atoms with E-state index in [2.05, 4.69) is 0 Å². The molecule has 0 aliphatic rings. The minimum absolute atomic E-state index is 0.0503. The summed E-state index contributed by atoms with van der Waals surface area (Å²) in [5, 5.41) is 8.73. The van der Waals surface area contributed by atoms with Crippen LogP contribution in [0.4, 0.5) is 0 Å². The molecule has 0 atom stereocenters. The number of nitriles is 1. The van der Waals surface area contributed by atoms with E-state index in [0.29, 0.717) is 17.7 Å². The monoisotopic (exact) mass is 253 g/mol. The average molecular weight is 253 g/mol. The van der Waals surface area contributed by atoms with Crippen LogP contribution in [0.2, 0.25) is 0 Å². The van der Waals surface area contributed by atoms with Crippen LogP contribution in [-0.2, 0) is 13.6 Å². The van der Waals surface area contributed by atoms with Gasteiger partial charge in [0.25, 0.3) is 5.91 Å². The molecule has 0 fully saturated rings. The fourth-order valence-electron chi connectivity index (χ4n) is 1.88. The Labute approximate surface area is 112 Å². The maximum atomic E-state index is 12.2.